The molecule has 1 aliphatic heterocycles. The van der Waals surface area contributed by atoms with Crippen molar-refractivity contribution in [3.63, 3.8) is 0 Å². The van der Waals surface area contributed by atoms with E-state index < -0.39 is 0 Å². The van der Waals surface area contributed by atoms with E-state index >= 15 is 0 Å². The normalized spacial score (nSPS) is 19.0. The van der Waals surface area contributed by atoms with E-state index in [1.54, 1.807) is 11.8 Å². The summed E-state index contributed by atoms with van der Waals surface area (Å²) in [4.78, 5) is 4.34. The van der Waals surface area contributed by atoms with Gasteiger partial charge in [0.05, 0.1) is 0 Å². The first-order chi connectivity index (χ1) is 7.31. The number of rotatable bonds is 3. The zero-order chi connectivity index (χ0) is 10.7. The molecule has 2 rings (SSSR count). The number of fused-ring (bicyclic) bond motifs is 1. The highest BCUT2D eigenvalue weighted by molar-refractivity contribution is 7.98. The molecule has 1 atom stereocenters. The summed E-state index contributed by atoms with van der Waals surface area (Å²) >= 11 is 1.79. The summed E-state index contributed by atoms with van der Waals surface area (Å²) in [6, 6.07) is 7.72. The molecular weight excluding hydrogens is 208 g/mol. The van der Waals surface area contributed by atoms with Crippen molar-refractivity contribution in [3.05, 3.63) is 24.3 Å². The molecule has 15 heavy (non-hydrogen) atoms. The topological polar surface area (TPSA) is 47.6 Å². The predicted octanol–water partition coefficient (Wildman–Crippen LogP) is 2.19. The van der Waals surface area contributed by atoms with Gasteiger partial charge in [0, 0.05) is 6.42 Å². The molecule has 0 bridgehead atoms. The molecule has 0 fully saturated rings. The molecule has 0 amide bonds. The average molecular weight is 222 g/mol. The van der Waals surface area contributed by atoms with E-state index in [0.717, 1.165) is 23.6 Å². The number of benzene rings is 1. The van der Waals surface area contributed by atoms with Gasteiger partial charge in [-0.05, 0) is 24.1 Å². The van der Waals surface area contributed by atoms with E-state index in [1.165, 1.54) is 0 Å². The lowest BCUT2D eigenvalue weighted by molar-refractivity contribution is 0.259. The lowest BCUT2D eigenvalue weighted by Gasteiger charge is -2.23. The van der Waals surface area contributed by atoms with E-state index in [-0.39, 0.29) is 6.10 Å². The molecule has 1 aromatic carbocycles. The zero-order valence-electron chi connectivity index (χ0n) is 8.64. The van der Waals surface area contributed by atoms with Gasteiger partial charge in [0.1, 0.15) is 17.3 Å². The molecule has 0 saturated heterocycles. The van der Waals surface area contributed by atoms with Crippen LogP contribution in [0.1, 0.15) is 6.42 Å². The number of nitrogens with zero attached hydrogens (tertiary/aromatic N) is 1. The highest BCUT2D eigenvalue weighted by atomic mass is 32.2. The summed E-state index contributed by atoms with van der Waals surface area (Å²) in [7, 11) is 0. The van der Waals surface area contributed by atoms with Crippen molar-refractivity contribution in [3.8, 4) is 5.75 Å². The van der Waals surface area contributed by atoms with Gasteiger partial charge in [-0.2, -0.15) is 11.8 Å². The molecule has 1 heterocycles. The lowest BCUT2D eigenvalue weighted by Crippen LogP contribution is -2.36. The van der Waals surface area contributed by atoms with Gasteiger partial charge in [0.2, 0.25) is 0 Å². The van der Waals surface area contributed by atoms with E-state index in [9.17, 15) is 0 Å². The van der Waals surface area contributed by atoms with Crippen LogP contribution in [0.15, 0.2) is 29.3 Å². The molecule has 0 aliphatic carbocycles. The molecule has 80 valence electrons. The van der Waals surface area contributed by atoms with Crippen LogP contribution in [-0.4, -0.2) is 23.9 Å². The first-order valence-electron chi connectivity index (χ1n) is 4.90. The Bertz CT molecular complexity index is 379. The van der Waals surface area contributed by atoms with Crippen LogP contribution in [0.25, 0.3) is 0 Å². The maximum absolute atomic E-state index is 5.85. The Balaban J connectivity index is 2.17. The quantitative estimate of drug-likeness (QED) is 0.852. The molecule has 1 unspecified atom stereocenters. The second kappa shape index (κ2) is 4.57. The largest absolute Gasteiger partial charge is 0.480 e. The second-order valence-corrected chi connectivity index (χ2v) is 4.38. The summed E-state index contributed by atoms with van der Waals surface area (Å²) in [5.74, 6) is 2.45. The Hall–Kier alpha value is -1.16. The van der Waals surface area contributed by atoms with Crippen LogP contribution in [0, 0.1) is 0 Å². The van der Waals surface area contributed by atoms with Gasteiger partial charge in [-0.15, -0.1) is 0 Å². The number of ether oxygens (including phenoxy) is 1. The van der Waals surface area contributed by atoms with Crippen LogP contribution in [0.2, 0.25) is 0 Å². The second-order valence-electron chi connectivity index (χ2n) is 3.39. The lowest BCUT2D eigenvalue weighted by atomic mass is 10.2. The fourth-order valence-electron chi connectivity index (χ4n) is 1.51. The number of para-hydroxylation sites is 2. The summed E-state index contributed by atoms with van der Waals surface area (Å²) in [5.41, 5.74) is 6.68. The number of nitrogens with two attached hydrogens (primary N) is 1. The SMILES string of the molecule is CSCCC1Oc2ccccc2N=C1N. The molecule has 0 aromatic heterocycles. The molecule has 4 heteroatoms. The van der Waals surface area contributed by atoms with Gasteiger partial charge in [-0.1, -0.05) is 12.1 Å². The Morgan fingerprint density at radius 2 is 2.27 bits per heavy atom. The van der Waals surface area contributed by atoms with E-state index in [2.05, 4.69) is 11.2 Å². The van der Waals surface area contributed by atoms with Crippen LogP contribution < -0.4 is 10.5 Å². The predicted molar refractivity (Wildman–Crippen MR) is 65.1 cm³/mol. The van der Waals surface area contributed by atoms with Crippen LogP contribution in [-0.2, 0) is 0 Å². The standard InChI is InChI=1S/C11H14N2OS/c1-15-7-6-10-11(12)13-8-4-2-3-5-9(8)14-10/h2-5,10H,6-7H2,1H3,(H2,12,13). The van der Waals surface area contributed by atoms with Crippen molar-refractivity contribution in [1.29, 1.82) is 0 Å². The van der Waals surface area contributed by atoms with E-state index in [0.29, 0.717) is 5.84 Å². The first-order valence-corrected chi connectivity index (χ1v) is 6.29. The molecule has 0 spiro atoms. The van der Waals surface area contributed by atoms with Crippen molar-refractivity contribution in [2.24, 2.45) is 10.7 Å². The third-order valence-electron chi connectivity index (χ3n) is 2.30. The Morgan fingerprint density at radius 1 is 1.47 bits per heavy atom. The Labute approximate surface area is 93.7 Å². The highest BCUT2D eigenvalue weighted by Crippen LogP contribution is 2.31. The summed E-state index contributed by atoms with van der Waals surface area (Å²) < 4.78 is 5.78. The number of aliphatic imine (C=N–C) groups is 1. The van der Waals surface area contributed by atoms with E-state index in [1.807, 2.05) is 24.3 Å². The Kier molecular flexibility index (Phi) is 3.16. The Morgan fingerprint density at radius 3 is 3.07 bits per heavy atom. The minimum atomic E-state index is -0.0626. The number of amidine groups is 1. The monoisotopic (exact) mass is 222 g/mol. The first kappa shape index (κ1) is 10.4. The van der Waals surface area contributed by atoms with Crippen LogP contribution >= 0.6 is 11.8 Å². The van der Waals surface area contributed by atoms with Crippen molar-refractivity contribution in [1.82, 2.24) is 0 Å². The minimum absolute atomic E-state index is 0.0626. The maximum Gasteiger partial charge on any atom is 0.156 e. The van der Waals surface area contributed by atoms with Crippen LogP contribution in [0.4, 0.5) is 5.69 Å². The molecule has 0 saturated carbocycles. The van der Waals surface area contributed by atoms with Gasteiger partial charge >= 0.3 is 0 Å². The van der Waals surface area contributed by atoms with Gasteiger partial charge < -0.3 is 10.5 Å². The highest BCUT2D eigenvalue weighted by Gasteiger charge is 2.21. The average Bonchev–Trinajstić information content (AvgIpc) is 2.26. The summed E-state index contributed by atoms with van der Waals surface area (Å²) in [6.07, 6.45) is 2.92. The minimum Gasteiger partial charge on any atom is -0.480 e. The molecule has 3 nitrogen and oxygen atoms in total. The number of hydrogen-bond acceptors (Lipinski definition) is 4. The van der Waals surface area contributed by atoms with Crippen molar-refractivity contribution >= 4 is 23.3 Å². The van der Waals surface area contributed by atoms with Gasteiger partial charge in [0.25, 0.3) is 0 Å². The van der Waals surface area contributed by atoms with Crippen molar-refractivity contribution in [2.45, 2.75) is 12.5 Å². The third kappa shape index (κ3) is 2.26. The van der Waals surface area contributed by atoms with Crippen molar-refractivity contribution < 1.29 is 4.74 Å². The molecule has 1 aromatic rings. The van der Waals surface area contributed by atoms with Gasteiger partial charge in [-0.3, -0.25) is 0 Å². The molecule has 2 N–H and O–H groups in total. The zero-order valence-corrected chi connectivity index (χ0v) is 9.46. The fourth-order valence-corrected chi connectivity index (χ4v) is 1.96. The molecular formula is C11H14N2OS. The molecule has 1 aliphatic rings. The van der Waals surface area contributed by atoms with Crippen LogP contribution in [0.3, 0.4) is 0 Å². The van der Waals surface area contributed by atoms with Crippen LogP contribution in [0.5, 0.6) is 5.75 Å². The maximum atomic E-state index is 5.85. The third-order valence-corrected chi connectivity index (χ3v) is 2.94. The van der Waals surface area contributed by atoms with Gasteiger partial charge in [-0.25, -0.2) is 4.99 Å². The van der Waals surface area contributed by atoms with Gasteiger partial charge in [0.15, 0.2) is 6.10 Å². The molecule has 0 radical (unpaired) electrons. The fraction of sp³-hybridized carbons (Fsp3) is 0.364. The summed E-state index contributed by atoms with van der Waals surface area (Å²) in [6.45, 7) is 0. The number of thioether (sulfide) groups is 1. The summed E-state index contributed by atoms with van der Waals surface area (Å²) in [5, 5.41) is 0. The smallest absolute Gasteiger partial charge is 0.156 e. The van der Waals surface area contributed by atoms with E-state index in [4.69, 9.17) is 10.5 Å². The van der Waals surface area contributed by atoms with Crippen molar-refractivity contribution in [2.75, 3.05) is 12.0 Å². The number of hydrogen-bond donors (Lipinski definition) is 1.